The maximum Gasteiger partial charge on any atom is 0.160 e. The number of nitrogens with zero attached hydrogens (tertiary/aromatic N) is 4. The second kappa shape index (κ2) is 15.0. The molecule has 0 aliphatic carbocycles. The van der Waals surface area contributed by atoms with E-state index >= 15 is 0 Å². The molecule has 296 valence electrons. The molecule has 0 atom stereocenters. The summed E-state index contributed by atoms with van der Waals surface area (Å²) in [6, 6.07) is 80.5. The molecule has 12 aromatic rings. The number of fused-ring (bicyclic) bond motifs is 6. The van der Waals surface area contributed by atoms with Gasteiger partial charge in [0.25, 0.3) is 0 Å². The molecule has 0 aliphatic heterocycles. The van der Waals surface area contributed by atoms with Gasteiger partial charge in [0.1, 0.15) is 0 Å². The average molecular weight is 805 g/mol. The molecule has 3 aromatic heterocycles. The fraction of sp³-hybridized carbons (Fsp3) is 0.0169. The molecule has 4 heteroatoms. The van der Waals surface area contributed by atoms with Crippen molar-refractivity contribution < 1.29 is 0 Å². The van der Waals surface area contributed by atoms with Gasteiger partial charge in [0.05, 0.1) is 44.8 Å². The van der Waals surface area contributed by atoms with E-state index in [9.17, 15) is 0 Å². The molecule has 0 aliphatic rings. The van der Waals surface area contributed by atoms with Crippen LogP contribution in [-0.2, 0) is 0 Å². The van der Waals surface area contributed by atoms with Gasteiger partial charge in [-0.2, -0.15) is 0 Å². The first-order chi connectivity index (χ1) is 31.2. The molecule has 0 amide bonds. The van der Waals surface area contributed by atoms with Crippen molar-refractivity contribution in [2.75, 3.05) is 0 Å². The van der Waals surface area contributed by atoms with Crippen LogP contribution in [0.5, 0.6) is 0 Å². The summed E-state index contributed by atoms with van der Waals surface area (Å²) in [6.45, 7) is 2.16. The quantitative estimate of drug-likeness (QED) is 0.161. The van der Waals surface area contributed by atoms with Crippen LogP contribution in [0.3, 0.4) is 0 Å². The molecule has 0 bridgehead atoms. The lowest BCUT2D eigenvalue weighted by Gasteiger charge is -2.20. The summed E-state index contributed by atoms with van der Waals surface area (Å²) in [4.78, 5) is 10.4. The highest BCUT2D eigenvalue weighted by atomic mass is 15.0. The zero-order valence-corrected chi connectivity index (χ0v) is 34.7. The third kappa shape index (κ3) is 6.23. The Labute approximate surface area is 365 Å². The maximum atomic E-state index is 5.30. The normalized spacial score (nSPS) is 11.6. The molecule has 0 saturated heterocycles. The van der Waals surface area contributed by atoms with E-state index < -0.39 is 0 Å². The third-order valence-corrected chi connectivity index (χ3v) is 12.4. The third-order valence-electron chi connectivity index (χ3n) is 12.4. The van der Waals surface area contributed by atoms with E-state index in [4.69, 9.17) is 9.97 Å². The summed E-state index contributed by atoms with van der Waals surface area (Å²) in [5.41, 5.74) is 17.5. The van der Waals surface area contributed by atoms with E-state index in [1.54, 1.807) is 0 Å². The summed E-state index contributed by atoms with van der Waals surface area (Å²) in [6.07, 6.45) is 0. The van der Waals surface area contributed by atoms with Gasteiger partial charge in [-0.25, -0.2) is 9.97 Å². The second-order valence-electron chi connectivity index (χ2n) is 16.3. The van der Waals surface area contributed by atoms with Crippen molar-refractivity contribution in [3.63, 3.8) is 0 Å². The number of rotatable bonds is 7. The van der Waals surface area contributed by atoms with E-state index in [0.717, 1.165) is 61.6 Å². The van der Waals surface area contributed by atoms with Crippen molar-refractivity contribution in [2.24, 2.45) is 0 Å². The van der Waals surface area contributed by atoms with Gasteiger partial charge in [-0.05, 0) is 66.6 Å². The number of para-hydroxylation sites is 4. The first-order valence-electron chi connectivity index (χ1n) is 21.5. The number of hydrogen-bond donors (Lipinski definition) is 0. The Bertz CT molecular complexity index is 3580. The van der Waals surface area contributed by atoms with E-state index in [1.165, 1.54) is 49.3 Å². The molecule has 4 nitrogen and oxygen atoms in total. The SMILES string of the molecule is Cc1cccc(-c2ccc3c(c2)c2ccccc2n3-c2cc(-c3cc(-c4ccccc4)nc(-c4ccccc4)n3)ccc2-c2ccccc2-n2c3ccccc3c3ccccc32)c1. The summed E-state index contributed by atoms with van der Waals surface area (Å²) in [5.74, 6) is 0.690. The molecule has 0 saturated carbocycles. The average Bonchev–Trinajstić information content (AvgIpc) is 3.87. The topological polar surface area (TPSA) is 35.6 Å². The van der Waals surface area contributed by atoms with E-state index in [2.05, 4.69) is 216 Å². The minimum atomic E-state index is 0.690. The van der Waals surface area contributed by atoms with Crippen LogP contribution in [0.2, 0.25) is 0 Å². The molecule has 63 heavy (non-hydrogen) atoms. The van der Waals surface area contributed by atoms with Crippen molar-refractivity contribution in [3.05, 3.63) is 230 Å². The predicted molar refractivity (Wildman–Crippen MR) is 263 cm³/mol. The number of aryl methyl sites for hydroxylation is 1. The van der Waals surface area contributed by atoms with Gasteiger partial charge < -0.3 is 9.13 Å². The van der Waals surface area contributed by atoms with Crippen LogP contribution >= 0.6 is 0 Å². The molecule has 0 unspecified atom stereocenters. The molecule has 0 spiro atoms. The molecule has 0 N–H and O–H groups in total. The lowest BCUT2D eigenvalue weighted by atomic mass is 9.97. The van der Waals surface area contributed by atoms with E-state index in [-0.39, 0.29) is 0 Å². The molecular weight excluding hydrogens is 765 g/mol. The Hall–Kier alpha value is -8.34. The smallest absolute Gasteiger partial charge is 0.160 e. The van der Waals surface area contributed by atoms with Gasteiger partial charge in [-0.3, -0.25) is 0 Å². The molecule has 9 aromatic carbocycles. The van der Waals surface area contributed by atoms with Crippen molar-refractivity contribution in [1.82, 2.24) is 19.1 Å². The number of aromatic nitrogens is 4. The standard InChI is InChI=1S/C59H40N4/c1-39-17-16-22-42(35-39)43-32-34-57-50(36-43)48-26-11-15-30-56(48)63(57)58-37-44(52-38-51(40-18-4-2-5-19-40)60-59(61-52)41-20-6-3-7-21-41)31-33-49(58)47-25-10-14-29-55(47)62-53-27-12-8-23-45(53)46-24-9-13-28-54(46)62/h2-38H,1H3. The van der Waals surface area contributed by atoms with Gasteiger partial charge >= 0.3 is 0 Å². The molecule has 0 fully saturated rings. The van der Waals surface area contributed by atoms with Gasteiger partial charge in [0, 0.05) is 49.4 Å². The lowest BCUT2D eigenvalue weighted by Crippen LogP contribution is -2.02. The van der Waals surface area contributed by atoms with Gasteiger partial charge in [0.15, 0.2) is 5.82 Å². The van der Waals surface area contributed by atoms with Crippen LogP contribution < -0.4 is 0 Å². The zero-order valence-electron chi connectivity index (χ0n) is 34.7. The van der Waals surface area contributed by atoms with Crippen LogP contribution in [0.25, 0.3) is 111 Å². The molecule has 0 radical (unpaired) electrons. The zero-order chi connectivity index (χ0) is 41.9. The minimum Gasteiger partial charge on any atom is -0.309 e. The Morgan fingerprint density at radius 2 is 0.794 bits per heavy atom. The van der Waals surface area contributed by atoms with Crippen LogP contribution in [-0.4, -0.2) is 19.1 Å². The molecule has 3 heterocycles. The monoisotopic (exact) mass is 804 g/mol. The van der Waals surface area contributed by atoms with Crippen molar-refractivity contribution in [3.8, 4) is 67.5 Å². The van der Waals surface area contributed by atoms with Crippen LogP contribution in [0.15, 0.2) is 224 Å². The van der Waals surface area contributed by atoms with Gasteiger partial charge in [-0.1, -0.05) is 181 Å². The van der Waals surface area contributed by atoms with E-state index in [1.807, 2.05) is 24.3 Å². The fourth-order valence-electron chi connectivity index (χ4n) is 9.49. The first kappa shape index (κ1) is 36.5. The largest absolute Gasteiger partial charge is 0.309 e. The summed E-state index contributed by atoms with van der Waals surface area (Å²) in [5, 5.41) is 4.88. The molecular formula is C59H40N4. The second-order valence-corrected chi connectivity index (χ2v) is 16.3. The van der Waals surface area contributed by atoms with Crippen molar-refractivity contribution in [2.45, 2.75) is 6.92 Å². The van der Waals surface area contributed by atoms with E-state index in [0.29, 0.717) is 5.82 Å². The lowest BCUT2D eigenvalue weighted by molar-refractivity contribution is 1.15. The number of hydrogen-bond acceptors (Lipinski definition) is 2. The van der Waals surface area contributed by atoms with Crippen LogP contribution in [0, 0.1) is 6.92 Å². The maximum absolute atomic E-state index is 5.30. The summed E-state index contributed by atoms with van der Waals surface area (Å²) >= 11 is 0. The van der Waals surface area contributed by atoms with Gasteiger partial charge in [-0.15, -0.1) is 0 Å². The molecule has 12 rings (SSSR count). The highest BCUT2D eigenvalue weighted by molar-refractivity contribution is 6.12. The van der Waals surface area contributed by atoms with Crippen LogP contribution in [0.4, 0.5) is 0 Å². The Morgan fingerprint density at radius 3 is 1.48 bits per heavy atom. The fourth-order valence-corrected chi connectivity index (χ4v) is 9.49. The first-order valence-corrected chi connectivity index (χ1v) is 21.5. The Kier molecular flexibility index (Phi) is 8.68. The summed E-state index contributed by atoms with van der Waals surface area (Å²) < 4.78 is 4.89. The summed E-state index contributed by atoms with van der Waals surface area (Å²) in [7, 11) is 0. The van der Waals surface area contributed by atoms with Gasteiger partial charge in [0.2, 0.25) is 0 Å². The Morgan fingerprint density at radius 1 is 0.302 bits per heavy atom. The Balaban J connectivity index is 1.15. The van der Waals surface area contributed by atoms with Crippen molar-refractivity contribution >= 4 is 43.6 Å². The highest BCUT2D eigenvalue weighted by Gasteiger charge is 2.22. The minimum absolute atomic E-state index is 0.690. The van der Waals surface area contributed by atoms with Crippen molar-refractivity contribution in [1.29, 1.82) is 0 Å². The highest BCUT2D eigenvalue weighted by Crippen LogP contribution is 2.43. The number of benzene rings is 9. The van der Waals surface area contributed by atoms with Crippen LogP contribution in [0.1, 0.15) is 5.56 Å². The predicted octanol–water partition coefficient (Wildman–Crippen LogP) is 15.3.